The van der Waals surface area contributed by atoms with E-state index in [4.69, 9.17) is 14.2 Å². The number of benzene rings is 2. The lowest BCUT2D eigenvalue weighted by Crippen LogP contribution is -2.11. The lowest BCUT2D eigenvalue weighted by Gasteiger charge is -2.09. The third kappa shape index (κ3) is 3.93. The van der Waals surface area contributed by atoms with Gasteiger partial charge < -0.3 is 14.2 Å². The van der Waals surface area contributed by atoms with E-state index in [1.54, 1.807) is 50.6 Å². The maximum atomic E-state index is 12.2. The molecule has 2 aromatic carbocycles. The van der Waals surface area contributed by atoms with Crippen LogP contribution in [0.5, 0.6) is 17.4 Å². The summed E-state index contributed by atoms with van der Waals surface area (Å²) in [5.74, 6) is 0.898. The van der Waals surface area contributed by atoms with E-state index < -0.39 is 5.97 Å². The smallest absolute Gasteiger partial charge is 0.345 e. The monoisotopic (exact) mass is 462 g/mol. The molecule has 0 saturated carbocycles. The van der Waals surface area contributed by atoms with Crippen LogP contribution < -0.4 is 14.2 Å². The van der Waals surface area contributed by atoms with Gasteiger partial charge in [-0.3, -0.25) is 0 Å². The van der Waals surface area contributed by atoms with Crippen LogP contribution in [-0.2, 0) is 0 Å². The van der Waals surface area contributed by atoms with Gasteiger partial charge in [0, 0.05) is 15.2 Å². The van der Waals surface area contributed by atoms with Crippen LogP contribution in [0.15, 0.2) is 54.6 Å². The Bertz CT molecular complexity index is 929. The Morgan fingerprint density at radius 3 is 2.35 bits per heavy atom. The van der Waals surface area contributed by atoms with Crippen molar-refractivity contribution in [3.63, 3.8) is 0 Å². The fraction of sp³-hybridized carbons (Fsp3) is 0.105. The number of hydrogen-bond acceptors (Lipinski definition) is 6. The summed E-state index contributed by atoms with van der Waals surface area (Å²) < 4.78 is 16.6. The predicted octanol–water partition coefficient (Wildman–Crippen LogP) is 3.98. The molecule has 132 valence electrons. The highest BCUT2D eigenvalue weighted by molar-refractivity contribution is 14.1. The molecule has 0 aliphatic rings. The molecule has 7 heteroatoms. The number of esters is 1. The standard InChI is InChI=1S/C19H15IN2O4/c1-24-16-9-7-12(11-17(16)25-2)15-8-10-18(22-21-15)26-19(23)13-5-3-4-6-14(13)20/h3-11H,1-2H3. The van der Waals surface area contributed by atoms with Crippen LogP contribution in [0.1, 0.15) is 10.4 Å². The van der Waals surface area contributed by atoms with Crippen LogP contribution in [0.3, 0.4) is 0 Å². The van der Waals surface area contributed by atoms with E-state index in [1.807, 2.05) is 18.2 Å². The van der Waals surface area contributed by atoms with Crippen molar-refractivity contribution in [1.29, 1.82) is 0 Å². The second-order valence-electron chi connectivity index (χ2n) is 5.20. The topological polar surface area (TPSA) is 70.5 Å². The summed E-state index contributed by atoms with van der Waals surface area (Å²) in [6.45, 7) is 0. The van der Waals surface area contributed by atoms with Crippen molar-refractivity contribution >= 4 is 28.6 Å². The molecule has 0 saturated heterocycles. The number of aromatic nitrogens is 2. The fourth-order valence-corrected chi connectivity index (χ4v) is 2.91. The van der Waals surface area contributed by atoms with E-state index in [9.17, 15) is 4.79 Å². The Morgan fingerprint density at radius 2 is 1.69 bits per heavy atom. The zero-order valence-corrected chi connectivity index (χ0v) is 16.3. The number of nitrogens with zero attached hydrogens (tertiary/aromatic N) is 2. The Balaban J connectivity index is 1.79. The zero-order chi connectivity index (χ0) is 18.5. The number of carbonyl (C=O) groups excluding carboxylic acids is 1. The fourth-order valence-electron chi connectivity index (χ4n) is 2.30. The van der Waals surface area contributed by atoms with Gasteiger partial charge in [0.1, 0.15) is 0 Å². The molecule has 0 radical (unpaired) electrons. The van der Waals surface area contributed by atoms with Crippen molar-refractivity contribution < 1.29 is 19.0 Å². The first kappa shape index (κ1) is 18.1. The molecule has 0 N–H and O–H groups in total. The molecular weight excluding hydrogens is 447 g/mol. The number of carbonyl (C=O) groups is 1. The van der Waals surface area contributed by atoms with Gasteiger partial charge in [0.15, 0.2) is 11.5 Å². The van der Waals surface area contributed by atoms with Gasteiger partial charge in [-0.15, -0.1) is 10.2 Å². The summed E-state index contributed by atoms with van der Waals surface area (Å²) >= 11 is 2.08. The van der Waals surface area contributed by atoms with Crippen LogP contribution in [-0.4, -0.2) is 30.4 Å². The molecule has 0 amide bonds. The molecule has 3 aromatic rings. The largest absolute Gasteiger partial charge is 0.493 e. The van der Waals surface area contributed by atoms with E-state index in [0.29, 0.717) is 22.8 Å². The highest BCUT2D eigenvalue weighted by Crippen LogP contribution is 2.31. The van der Waals surface area contributed by atoms with Crippen LogP contribution in [0.4, 0.5) is 0 Å². The van der Waals surface area contributed by atoms with Gasteiger partial charge in [0.25, 0.3) is 0 Å². The van der Waals surface area contributed by atoms with Gasteiger partial charge in [-0.25, -0.2) is 4.79 Å². The van der Waals surface area contributed by atoms with Crippen molar-refractivity contribution in [2.45, 2.75) is 0 Å². The summed E-state index contributed by atoms with van der Waals surface area (Å²) in [4.78, 5) is 12.2. The quantitative estimate of drug-likeness (QED) is 0.422. The summed E-state index contributed by atoms with van der Waals surface area (Å²) in [6, 6.07) is 16.0. The van der Waals surface area contributed by atoms with Crippen molar-refractivity contribution in [3.8, 4) is 28.6 Å². The van der Waals surface area contributed by atoms with Crippen LogP contribution in [0.25, 0.3) is 11.3 Å². The molecule has 1 heterocycles. The van der Waals surface area contributed by atoms with Gasteiger partial charge in [0.2, 0.25) is 5.88 Å². The molecule has 0 bridgehead atoms. The number of ether oxygens (including phenoxy) is 3. The summed E-state index contributed by atoms with van der Waals surface area (Å²) in [6.07, 6.45) is 0. The molecule has 26 heavy (non-hydrogen) atoms. The Morgan fingerprint density at radius 1 is 0.923 bits per heavy atom. The van der Waals surface area contributed by atoms with Gasteiger partial charge >= 0.3 is 5.97 Å². The molecule has 0 aliphatic heterocycles. The van der Waals surface area contributed by atoms with E-state index in [2.05, 4.69) is 32.8 Å². The third-order valence-corrected chi connectivity index (χ3v) is 4.55. The molecule has 6 nitrogen and oxygen atoms in total. The van der Waals surface area contributed by atoms with Gasteiger partial charge in [0.05, 0.1) is 25.5 Å². The van der Waals surface area contributed by atoms with E-state index in [1.165, 1.54) is 0 Å². The lowest BCUT2D eigenvalue weighted by atomic mass is 10.1. The number of halogens is 1. The summed E-state index contributed by atoms with van der Waals surface area (Å²) in [5, 5.41) is 8.10. The Hall–Kier alpha value is -2.68. The van der Waals surface area contributed by atoms with Crippen LogP contribution >= 0.6 is 22.6 Å². The van der Waals surface area contributed by atoms with Crippen LogP contribution in [0.2, 0.25) is 0 Å². The normalized spacial score (nSPS) is 10.3. The minimum absolute atomic E-state index is 0.138. The second kappa shape index (κ2) is 8.13. The molecular formula is C19H15IN2O4. The second-order valence-corrected chi connectivity index (χ2v) is 6.36. The molecule has 0 aliphatic carbocycles. The SMILES string of the molecule is COc1ccc(-c2ccc(OC(=O)c3ccccc3I)nn2)cc1OC. The number of methoxy groups -OCH3 is 2. The van der Waals surface area contributed by atoms with Gasteiger partial charge in [-0.2, -0.15) is 0 Å². The molecule has 3 rings (SSSR count). The van der Waals surface area contributed by atoms with Crippen molar-refractivity contribution in [1.82, 2.24) is 10.2 Å². The van der Waals surface area contributed by atoms with E-state index in [-0.39, 0.29) is 5.88 Å². The number of hydrogen-bond donors (Lipinski definition) is 0. The van der Waals surface area contributed by atoms with E-state index in [0.717, 1.165) is 9.13 Å². The molecule has 0 atom stereocenters. The Labute approximate surface area is 164 Å². The summed E-state index contributed by atoms with van der Waals surface area (Å²) in [5.41, 5.74) is 1.92. The van der Waals surface area contributed by atoms with Gasteiger partial charge in [-0.05, 0) is 59.0 Å². The van der Waals surface area contributed by atoms with Crippen molar-refractivity contribution in [2.24, 2.45) is 0 Å². The third-order valence-electron chi connectivity index (χ3n) is 3.61. The molecule has 0 unspecified atom stereocenters. The van der Waals surface area contributed by atoms with Crippen LogP contribution in [0, 0.1) is 3.57 Å². The van der Waals surface area contributed by atoms with E-state index >= 15 is 0 Å². The van der Waals surface area contributed by atoms with Gasteiger partial charge in [-0.1, -0.05) is 12.1 Å². The molecule has 0 spiro atoms. The zero-order valence-electron chi connectivity index (χ0n) is 14.1. The Kier molecular flexibility index (Phi) is 5.67. The maximum absolute atomic E-state index is 12.2. The number of rotatable bonds is 5. The first-order valence-corrected chi connectivity index (χ1v) is 8.73. The first-order valence-electron chi connectivity index (χ1n) is 7.65. The highest BCUT2D eigenvalue weighted by atomic mass is 127. The average Bonchev–Trinajstić information content (AvgIpc) is 2.68. The summed E-state index contributed by atoms with van der Waals surface area (Å²) in [7, 11) is 3.15. The highest BCUT2D eigenvalue weighted by Gasteiger charge is 2.13. The van der Waals surface area contributed by atoms with Crippen molar-refractivity contribution in [2.75, 3.05) is 14.2 Å². The first-order chi connectivity index (χ1) is 12.6. The molecule has 0 fully saturated rings. The predicted molar refractivity (Wildman–Crippen MR) is 105 cm³/mol. The minimum atomic E-state index is -0.469. The van der Waals surface area contributed by atoms with Crippen molar-refractivity contribution in [3.05, 3.63) is 63.7 Å². The maximum Gasteiger partial charge on any atom is 0.345 e. The molecule has 1 aromatic heterocycles. The average molecular weight is 462 g/mol. The lowest BCUT2D eigenvalue weighted by molar-refractivity contribution is 0.0724. The minimum Gasteiger partial charge on any atom is -0.493 e.